The normalized spacial score (nSPS) is 18.6. The molecule has 8 rings (SSSR count). The molecule has 0 aliphatic carbocycles. The van der Waals surface area contributed by atoms with Crippen molar-refractivity contribution in [2.75, 3.05) is 19.8 Å². The number of aliphatic imine (C=N–C) groups is 3. The van der Waals surface area contributed by atoms with E-state index in [9.17, 15) is 30.7 Å². The van der Waals surface area contributed by atoms with E-state index in [1.165, 1.54) is 23.8 Å². The minimum absolute atomic E-state index is 0.00132. The number of hydrogen-bond donors (Lipinski definition) is 0. The maximum absolute atomic E-state index is 13.8. The summed E-state index contributed by atoms with van der Waals surface area (Å²) in [6, 6.07) is 28.5. The molecule has 0 spiro atoms. The van der Waals surface area contributed by atoms with Gasteiger partial charge in [0.25, 0.3) is 0 Å². The van der Waals surface area contributed by atoms with Crippen LogP contribution < -0.4 is 21.2 Å². The van der Waals surface area contributed by atoms with Gasteiger partial charge < -0.3 is 14.2 Å². The maximum atomic E-state index is 13.8. The first kappa shape index (κ1) is 46.4. The van der Waals surface area contributed by atoms with Crippen LogP contribution in [0.15, 0.2) is 118 Å². The quantitative estimate of drug-likeness (QED) is 0.121. The molecule has 3 aliphatic rings. The molecule has 15 heteroatoms. The minimum atomic E-state index is -4.45. The number of aryl methyl sites for hydroxylation is 3. The number of rotatable bonds is 7. The Kier molecular flexibility index (Phi) is 14.9. The summed E-state index contributed by atoms with van der Waals surface area (Å²) in [4.78, 5) is 13.0. The summed E-state index contributed by atoms with van der Waals surface area (Å²) >= 11 is 0. The molecule has 0 bridgehead atoms. The Balaban J connectivity index is 0.000000163. The van der Waals surface area contributed by atoms with Gasteiger partial charge in [-0.25, -0.2) is 19.4 Å². The zero-order chi connectivity index (χ0) is 44.8. The lowest BCUT2D eigenvalue weighted by molar-refractivity contribution is -0.138. The number of alkyl halides is 6. The van der Waals surface area contributed by atoms with Crippen LogP contribution in [-0.2, 0) is 26.6 Å². The Bertz CT molecular complexity index is 2470. The predicted octanol–water partition coefficient (Wildman–Crippen LogP) is 9.92. The molecule has 0 saturated carbocycles. The highest BCUT2D eigenvalue weighted by atomic mass is 31.1. The Hall–Kier alpha value is -5.12. The fourth-order valence-corrected chi connectivity index (χ4v) is 8.59. The zero-order valence-corrected chi connectivity index (χ0v) is 36.9. The van der Waals surface area contributed by atoms with Crippen molar-refractivity contribution in [1.29, 1.82) is 0 Å². The summed E-state index contributed by atoms with van der Waals surface area (Å²) in [6.45, 7) is 13.0. The zero-order valence-electron chi connectivity index (χ0n) is 34.9. The highest BCUT2D eigenvalue weighted by Gasteiger charge is 2.34. The van der Waals surface area contributed by atoms with Crippen molar-refractivity contribution in [3.05, 3.63) is 153 Å². The first-order valence-corrected chi connectivity index (χ1v) is 21.8. The monoisotopic (exact) mass is 895 g/mol. The van der Waals surface area contributed by atoms with Crippen LogP contribution in [0.25, 0.3) is 0 Å². The largest absolute Gasteiger partial charge is 0.475 e. The second kappa shape index (κ2) is 19.9. The van der Waals surface area contributed by atoms with Gasteiger partial charge in [0.05, 0.1) is 29.3 Å². The molecular formula is C47H46F7N3O3P2. The third kappa shape index (κ3) is 12.3. The SMILES string of the molecule is Cc1ccc(Pc2ccc(C(F)(F)F)cc2C2=N[C@@H](C)CO2)cc1.Cc1ccc(Pc2ccc(C(F)(F)F)cc2C2=N[C@@H](C)CO2)cc1F.Cc1ccccc1C1=N[C@@H](C)CO1. The molecule has 0 aromatic heterocycles. The lowest BCUT2D eigenvalue weighted by Gasteiger charge is -2.14. The van der Waals surface area contributed by atoms with Crippen LogP contribution in [0.3, 0.4) is 0 Å². The predicted molar refractivity (Wildman–Crippen MR) is 237 cm³/mol. The molecule has 3 aliphatic heterocycles. The van der Waals surface area contributed by atoms with Crippen molar-refractivity contribution in [3.63, 3.8) is 0 Å². The highest BCUT2D eigenvalue weighted by molar-refractivity contribution is 7.56. The number of halogens is 7. The number of nitrogens with zero attached hydrogens (tertiary/aromatic N) is 3. The Morgan fingerprint density at radius 3 is 1.35 bits per heavy atom. The maximum Gasteiger partial charge on any atom is 0.416 e. The minimum Gasteiger partial charge on any atom is -0.475 e. The van der Waals surface area contributed by atoms with Crippen molar-refractivity contribution in [1.82, 2.24) is 0 Å². The van der Waals surface area contributed by atoms with Crippen molar-refractivity contribution in [3.8, 4) is 0 Å². The van der Waals surface area contributed by atoms with Gasteiger partial charge in [0, 0.05) is 16.7 Å². The van der Waals surface area contributed by atoms with E-state index in [2.05, 4.69) is 34.9 Å². The summed E-state index contributed by atoms with van der Waals surface area (Å²) in [6.07, 6.45) is -8.83. The Morgan fingerprint density at radius 1 is 0.500 bits per heavy atom. The number of ether oxygens (including phenoxy) is 3. The van der Waals surface area contributed by atoms with E-state index in [-0.39, 0.29) is 41.0 Å². The first-order chi connectivity index (χ1) is 29.3. The van der Waals surface area contributed by atoms with Crippen LogP contribution in [0.1, 0.15) is 65.3 Å². The lowest BCUT2D eigenvalue weighted by atomic mass is 10.1. The van der Waals surface area contributed by atoms with E-state index in [1.54, 1.807) is 19.1 Å². The van der Waals surface area contributed by atoms with Crippen molar-refractivity contribution in [2.45, 2.75) is 72.0 Å². The smallest absolute Gasteiger partial charge is 0.416 e. The van der Waals surface area contributed by atoms with Gasteiger partial charge in [-0.3, -0.25) is 0 Å². The van der Waals surface area contributed by atoms with Crippen LogP contribution in [-0.4, -0.2) is 55.6 Å². The second-order valence-corrected chi connectivity index (χ2v) is 17.9. The van der Waals surface area contributed by atoms with Crippen LogP contribution in [0.5, 0.6) is 0 Å². The highest BCUT2D eigenvalue weighted by Crippen LogP contribution is 2.33. The average Bonchev–Trinajstić information content (AvgIpc) is 3.98. The topological polar surface area (TPSA) is 64.8 Å². The molecule has 5 atom stereocenters. The third-order valence-corrected chi connectivity index (χ3v) is 12.3. The first-order valence-electron chi connectivity index (χ1n) is 19.8. The van der Waals surface area contributed by atoms with Gasteiger partial charge in [0.15, 0.2) is 0 Å². The van der Waals surface area contributed by atoms with E-state index in [4.69, 9.17) is 14.2 Å². The fourth-order valence-electron chi connectivity index (χ4n) is 6.31. The summed E-state index contributed by atoms with van der Waals surface area (Å²) < 4.78 is 109. The molecule has 326 valence electrons. The summed E-state index contributed by atoms with van der Waals surface area (Å²) in [7, 11) is 0.241. The molecule has 5 aromatic carbocycles. The van der Waals surface area contributed by atoms with Crippen molar-refractivity contribution < 1.29 is 44.9 Å². The molecule has 0 radical (unpaired) electrons. The van der Waals surface area contributed by atoms with Crippen LogP contribution >= 0.6 is 17.2 Å². The summed E-state index contributed by atoms with van der Waals surface area (Å²) in [5.74, 6) is 0.990. The molecule has 3 heterocycles. The average molecular weight is 896 g/mol. The standard InChI is InChI=1S/C18H16F4NOP.C18H17F3NOP.C11H13NO/c1-10-3-5-13(8-15(10)19)25-16-6-4-12(18(20,21)22)7-14(16)17-23-11(2)9-24-17;1-11-3-6-14(7-4-11)24-16-8-5-13(18(19,20)21)9-15(16)17-22-12(2)10-23-17;1-8-5-3-4-6-10(8)11-12-9(2)7-13-11/h3-8,11,25H,9H2,1-2H3;3-9,12,24H,10H2,1-2H3;3-6,9H,7H2,1-2H3/t11-;12-;9-/m000/s1. The summed E-state index contributed by atoms with van der Waals surface area (Å²) in [5.41, 5.74) is 3.33. The lowest BCUT2D eigenvalue weighted by Crippen LogP contribution is -2.18. The van der Waals surface area contributed by atoms with Gasteiger partial charge >= 0.3 is 12.4 Å². The van der Waals surface area contributed by atoms with Gasteiger partial charge in [-0.05, 0) is 110 Å². The molecule has 0 N–H and O–H groups in total. The van der Waals surface area contributed by atoms with E-state index < -0.39 is 23.5 Å². The molecule has 5 aromatic rings. The third-order valence-electron chi connectivity index (χ3n) is 9.71. The fraction of sp³-hybridized carbons (Fsp3) is 0.298. The van der Waals surface area contributed by atoms with Crippen LogP contribution in [0.2, 0.25) is 0 Å². The Morgan fingerprint density at radius 2 is 0.935 bits per heavy atom. The number of benzene rings is 5. The van der Waals surface area contributed by atoms with E-state index in [0.29, 0.717) is 59.1 Å². The Labute approximate surface area is 360 Å². The van der Waals surface area contributed by atoms with Crippen LogP contribution in [0.4, 0.5) is 30.7 Å². The van der Waals surface area contributed by atoms with Gasteiger partial charge in [-0.15, -0.1) is 0 Å². The molecule has 0 saturated heterocycles. The van der Waals surface area contributed by atoms with E-state index in [0.717, 1.165) is 51.9 Å². The molecule has 6 nitrogen and oxygen atoms in total. The van der Waals surface area contributed by atoms with Gasteiger partial charge in [0.1, 0.15) is 25.6 Å². The van der Waals surface area contributed by atoms with Crippen LogP contribution in [0, 0.1) is 26.6 Å². The van der Waals surface area contributed by atoms with Crippen molar-refractivity contribution in [2.24, 2.45) is 15.0 Å². The molecule has 0 amide bonds. The van der Waals surface area contributed by atoms with Crippen molar-refractivity contribution >= 4 is 56.1 Å². The van der Waals surface area contributed by atoms with Gasteiger partial charge in [-0.2, -0.15) is 26.3 Å². The summed E-state index contributed by atoms with van der Waals surface area (Å²) in [5, 5.41) is 3.22. The number of hydrogen-bond acceptors (Lipinski definition) is 6. The molecular weight excluding hydrogens is 849 g/mol. The van der Waals surface area contributed by atoms with E-state index in [1.807, 2.05) is 63.2 Å². The molecule has 62 heavy (non-hydrogen) atoms. The van der Waals surface area contributed by atoms with Gasteiger partial charge in [-0.1, -0.05) is 89.5 Å². The van der Waals surface area contributed by atoms with E-state index >= 15 is 0 Å². The van der Waals surface area contributed by atoms with Gasteiger partial charge in [0.2, 0.25) is 17.7 Å². The second-order valence-electron chi connectivity index (χ2n) is 15.2. The molecule has 2 unspecified atom stereocenters. The molecule has 0 fully saturated rings.